The molecule has 0 unspecified atom stereocenters. The maximum absolute atomic E-state index is 12.8. The molecule has 1 aromatic carbocycles. The average molecular weight is 228 g/mol. The van der Waals surface area contributed by atoms with Crippen molar-refractivity contribution in [3.05, 3.63) is 59.0 Å². The fraction of sp³-hybridized carbons (Fsp3) is 0.143. The molecule has 0 saturated carbocycles. The summed E-state index contributed by atoms with van der Waals surface area (Å²) in [7, 11) is 0. The smallest absolute Gasteiger partial charge is 0.214 e. The highest BCUT2D eigenvalue weighted by atomic mass is 19.1. The number of hydrogen-bond acceptors (Lipinski definition) is 2. The van der Waals surface area contributed by atoms with Gasteiger partial charge in [0.1, 0.15) is 0 Å². The largest absolute Gasteiger partial charge is 0.236 e. The molecule has 17 heavy (non-hydrogen) atoms. The monoisotopic (exact) mass is 228 g/mol. The number of aromatic nitrogens is 1. The lowest BCUT2D eigenvalue weighted by Crippen LogP contribution is -1.88. The summed E-state index contributed by atoms with van der Waals surface area (Å²) < 4.78 is 12.8. The minimum atomic E-state index is -0.514. The van der Waals surface area contributed by atoms with Gasteiger partial charge in [-0.2, -0.15) is 4.39 Å². The molecular weight excluding hydrogens is 215 g/mol. The molecule has 0 atom stereocenters. The molecular formula is C14H13FN2. The van der Waals surface area contributed by atoms with Crippen molar-refractivity contribution in [3.8, 4) is 0 Å². The third kappa shape index (κ3) is 2.97. The third-order valence-electron chi connectivity index (χ3n) is 2.46. The summed E-state index contributed by atoms with van der Waals surface area (Å²) in [6.45, 7) is 4.06. The molecule has 0 saturated heterocycles. The van der Waals surface area contributed by atoms with Crippen molar-refractivity contribution in [1.29, 1.82) is 0 Å². The summed E-state index contributed by atoms with van der Waals surface area (Å²) in [6, 6.07) is 10.7. The molecule has 0 aliphatic heterocycles. The second-order valence-corrected chi connectivity index (χ2v) is 3.94. The van der Waals surface area contributed by atoms with Gasteiger partial charge in [0.15, 0.2) is 5.82 Å². The minimum Gasteiger partial charge on any atom is -0.236 e. The normalized spacial score (nSPS) is 11.0. The zero-order chi connectivity index (χ0) is 12.3. The first-order valence-electron chi connectivity index (χ1n) is 5.39. The summed E-state index contributed by atoms with van der Waals surface area (Å²) in [6.07, 6.45) is 1.70. The van der Waals surface area contributed by atoms with E-state index in [1.165, 1.54) is 11.6 Å². The van der Waals surface area contributed by atoms with Crippen molar-refractivity contribution < 1.29 is 4.39 Å². The lowest BCUT2D eigenvalue weighted by molar-refractivity contribution is 0.585. The van der Waals surface area contributed by atoms with E-state index in [0.717, 1.165) is 11.1 Å². The number of aryl methyl sites for hydroxylation is 2. The van der Waals surface area contributed by atoms with Crippen LogP contribution in [0.5, 0.6) is 0 Å². The van der Waals surface area contributed by atoms with Crippen LogP contribution in [0.15, 0.2) is 41.4 Å². The van der Waals surface area contributed by atoms with Gasteiger partial charge >= 0.3 is 0 Å². The molecule has 0 spiro atoms. The van der Waals surface area contributed by atoms with Crippen LogP contribution in [-0.2, 0) is 0 Å². The van der Waals surface area contributed by atoms with Gasteiger partial charge in [0.25, 0.3) is 0 Å². The number of halogens is 1. The highest BCUT2D eigenvalue weighted by Crippen LogP contribution is 2.11. The fourth-order valence-corrected chi connectivity index (χ4v) is 1.58. The van der Waals surface area contributed by atoms with Crippen LogP contribution >= 0.6 is 0 Å². The second-order valence-electron chi connectivity index (χ2n) is 3.94. The fourth-order valence-electron chi connectivity index (χ4n) is 1.58. The molecule has 1 aromatic heterocycles. The van der Waals surface area contributed by atoms with Crippen LogP contribution in [0, 0.1) is 19.8 Å². The zero-order valence-corrected chi connectivity index (χ0v) is 9.81. The summed E-state index contributed by atoms with van der Waals surface area (Å²) in [5, 5.41) is 0. The van der Waals surface area contributed by atoms with Crippen LogP contribution in [0.1, 0.15) is 16.7 Å². The van der Waals surface area contributed by atoms with E-state index in [1.807, 2.05) is 26.0 Å². The molecule has 1 heterocycles. The van der Waals surface area contributed by atoms with Crippen molar-refractivity contribution >= 4 is 12.0 Å². The van der Waals surface area contributed by atoms with Crippen molar-refractivity contribution in [2.24, 2.45) is 4.99 Å². The summed E-state index contributed by atoms with van der Waals surface area (Å²) >= 11 is 0. The SMILES string of the molecule is Cc1ccc(/C=N/c2cccc(F)n2)c(C)c1. The average Bonchev–Trinajstić information content (AvgIpc) is 2.28. The van der Waals surface area contributed by atoms with Gasteiger partial charge in [-0.05, 0) is 37.1 Å². The minimum absolute atomic E-state index is 0.380. The van der Waals surface area contributed by atoms with Crippen molar-refractivity contribution in [2.75, 3.05) is 0 Å². The van der Waals surface area contributed by atoms with Crippen LogP contribution in [0.3, 0.4) is 0 Å². The summed E-state index contributed by atoms with van der Waals surface area (Å²) in [5.74, 6) is -0.134. The lowest BCUT2D eigenvalue weighted by atomic mass is 10.1. The Balaban J connectivity index is 2.26. The first-order valence-corrected chi connectivity index (χ1v) is 5.39. The van der Waals surface area contributed by atoms with E-state index in [4.69, 9.17) is 0 Å². The van der Waals surface area contributed by atoms with Gasteiger partial charge in [0.05, 0.1) is 0 Å². The van der Waals surface area contributed by atoms with Crippen molar-refractivity contribution in [2.45, 2.75) is 13.8 Å². The predicted molar refractivity (Wildman–Crippen MR) is 67.4 cm³/mol. The van der Waals surface area contributed by atoms with Crippen LogP contribution in [0.2, 0.25) is 0 Å². The Labute approximate surface area is 99.9 Å². The van der Waals surface area contributed by atoms with E-state index in [-0.39, 0.29) is 0 Å². The topological polar surface area (TPSA) is 25.2 Å². The Morgan fingerprint density at radius 1 is 1.18 bits per heavy atom. The zero-order valence-electron chi connectivity index (χ0n) is 9.81. The van der Waals surface area contributed by atoms with Crippen molar-refractivity contribution in [3.63, 3.8) is 0 Å². The standard InChI is InChI=1S/C14H13FN2/c1-10-6-7-12(11(2)8-10)9-16-14-5-3-4-13(15)17-14/h3-9H,1-2H3/b16-9+. The van der Waals surface area contributed by atoms with Crippen molar-refractivity contribution in [1.82, 2.24) is 4.98 Å². The molecule has 3 heteroatoms. The van der Waals surface area contributed by atoms with E-state index in [0.29, 0.717) is 5.82 Å². The first kappa shape index (κ1) is 11.5. The molecule has 2 rings (SSSR count). The number of benzene rings is 1. The molecule has 0 radical (unpaired) electrons. The molecule has 2 aromatic rings. The highest BCUT2D eigenvalue weighted by Gasteiger charge is 1.96. The number of rotatable bonds is 2. The molecule has 0 aliphatic carbocycles. The summed E-state index contributed by atoms with van der Waals surface area (Å²) in [5.41, 5.74) is 3.37. The molecule has 0 N–H and O–H groups in total. The van der Waals surface area contributed by atoms with E-state index in [1.54, 1.807) is 18.3 Å². The second kappa shape index (κ2) is 4.87. The Hall–Kier alpha value is -2.03. The molecule has 2 nitrogen and oxygen atoms in total. The predicted octanol–water partition coefficient (Wildman–Crippen LogP) is 3.59. The maximum Gasteiger partial charge on any atom is 0.214 e. The Kier molecular flexibility index (Phi) is 3.28. The van der Waals surface area contributed by atoms with E-state index >= 15 is 0 Å². The van der Waals surface area contributed by atoms with Crippen LogP contribution in [-0.4, -0.2) is 11.2 Å². The molecule has 86 valence electrons. The summed E-state index contributed by atoms with van der Waals surface area (Å²) in [4.78, 5) is 7.82. The van der Waals surface area contributed by atoms with Gasteiger partial charge in [-0.1, -0.05) is 29.8 Å². The number of nitrogens with zero attached hydrogens (tertiary/aromatic N) is 2. The number of hydrogen-bond donors (Lipinski definition) is 0. The van der Waals surface area contributed by atoms with E-state index < -0.39 is 5.95 Å². The quantitative estimate of drug-likeness (QED) is 0.569. The number of aliphatic imine (C=N–C) groups is 1. The first-order chi connectivity index (χ1) is 8.15. The molecule has 0 bridgehead atoms. The number of pyridine rings is 1. The Bertz CT molecular complexity index is 562. The van der Waals surface area contributed by atoms with Gasteiger partial charge in [-0.15, -0.1) is 0 Å². The molecule has 0 fully saturated rings. The lowest BCUT2D eigenvalue weighted by Gasteiger charge is -2.00. The highest BCUT2D eigenvalue weighted by molar-refractivity contribution is 5.83. The van der Waals surface area contributed by atoms with E-state index in [9.17, 15) is 4.39 Å². The van der Waals surface area contributed by atoms with Gasteiger partial charge in [-0.3, -0.25) is 0 Å². The Morgan fingerprint density at radius 3 is 2.71 bits per heavy atom. The van der Waals surface area contributed by atoms with Crippen LogP contribution < -0.4 is 0 Å². The molecule has 0 amide bonds. The third-order valence-corrected chi connectivity index (χ3v) is 2.46. The van der Waals surface area contributed by atoms with Gasteiger partial charge in [-0.25, -0.2) is 9.98 Å². The molecule has 0 aliphatic rings. The van der Waals surface area contributed by atoms with Crippen LogP contribution in [0.25, 0.3) is 0 Å². The van der Waals surface area contributed by atoms with Gasteiger partial charge in [0.2, 0.25) is 5.95 Å². The van der Waals surface area contributed by atoms with Gasteiger partial charge < -0.3 is 0 Å². The maximum atomic E-state index is 12.8. The van der Waals surface area contributed by atoms with Gasteiger partial charge in [0, 0.05) is 6.21 Å². The van der Waals surface area contributed by atoms with Crippen LogP contribution in [0.4, 0.5) is 10.2 Å². The van der Waals surface area contributed by atoms with E-state index in [2.05, 4.69) is 16.0 Å². The Morgan fingerprint density at radius 2 is 2.00 bits per heavy atom.